The van der Waals surface area contributed by atoms with Crippen molar-refractivity contribution in [3.63, 3.8) is 0 Å². The SMILES string of the molecule is NCC1CN(c2ccc3nccnc3n2)CCO1. The van der Waals surface area contributed by atoms with Gasteiger partial charge in [0.05, 0.1) is 12.7 Å². The fourth-order valence-corrected chi connectivity index (χ4v) is 2.09. The molecular formula is C12H15N5O. The molecule has 6 heteroatoms. The molecule has 0 bridgehead atoms. The molecule has 0 radical (unpaired) electrons. The lowest BCUT2D eigenvalue weighted by Gasteiger charge is -2.33. The predicted molar refractivity (Wildman–Crippen MR) is 68.3 cm³/mol. The van der Waals surface area contributed by atoms with Crippen LogP contribution in [0.1, 0.15) is 0 Å². The van der Waals surface area contributed by atoms with Gasteiger partial charge in [0.1, 0.15) is 11.3 Å². The first-order chi connectivity index (χ1) is 8.86. The zero-order chi connectivity index (χ0) is 12.4. The number of pyridine rings is 1. The van der Waals surface area contributed by atoms with E-state index in [4.69, 9.17) is 10.5 Å². The molecule has 0 saturated carbocycles. The van der Waals surface area contributed by atoms with E-state index in [1.165, 1.54) is 0 Å². The first-order valence-electron chi connectivity index (χ1n) is 6.01. The van der Waals surface area contributed by atoms with Gasteiger partial charge in [-0.3, -0.25) is 4.98 Å². The van der Waals surface area contributed by atoms with Gasteiger partial charge in [0.2, 0.25) is 0 Å². The molecule has 2 aromatic heterocycles. The van der Waals surface area contributed by atoms with Gasteiger partial charge < -0.3 is 15.4 Å². The summed E-state index contributed by atoms with van der Waals surface area (Å²) in [4.78, 5) is 15.1. The molecule has 1 saturated heterocycles. The van der Waals surface area contributed by atoms with Crippen molar-refractivity contribution >= 4 is 17.0 Å². The first-order valence-corrected chi connectivity index (χ1v) is 6.01. The summed E-state index contributed by atoms with van der Waals surface area (Å²) in [7, 11) is 0. The highest BCUT2D eigenvalue weighted by atomic mass is 16.5. The number of nitrogens with zero attached hydrogens (tertiary/aromatic N) is 4. The number of fused-ring (bicyclic) bond motifs is 1. The molecule has 3 rings (SSSR count). The van der Waals surface area contributed by atoms with E-state index in [0.717, 1.165) is 24.4 Å². The minimum absolute atomic E-state index is 0.0816. The maximum absolute atomic E-state index is 5.64. The van der Waals surface area contributed by atoms with E-state index in [1.54, 1.807) is 12.4 Å². The average Bonchev–Trinajstić information content (AvgIpc) is 2.47. The zero-order valence-electron chi connectivity index (χ0n) is 9.99. The molecule has 1 aliphatic rings. The number of nitrogens with two attached hydrogens (primary N) is 1. The lowest BCUT2D eigenvalue weighted by Crippen LogP contribution is -2.46. The average molecular weight is 245 g/mol. The molecule has 6 nitrogen and oxygen atoms in total. The number of ether oxygens (including phenoxy) is 1. The minimum atomic E-state index is 0.0816. The second-order valence-corrected chi connectivity index (χ2v) is 4.24. The number of rotatable bonds is 2. The summed E-state index contributed by atoms with van der Waals surface area (Å²) in [6.45, 7) is 2.82. The Bertz CT molecular complexity index is 547. The van der Waals surface area contributed by atoms with Gasteiger partial charge in [-0.15, -0.1) is 0 Å². The Balaban J connectivity index is 1.89. The van der Waals surface area contributed by atoms with Crippen molar-refractivity contribution in [2.24, 2.45) is 5.73 Å². The molecule has 1 aliphatic heterocycles. The largest absolute Gasteiger partial charge is 0.373 e. The third kappa shape index (κ3) is 2.12. The molecule has 0 aliphatic carbocycles. The Morgan fingerprint density at radius 1 is 1.33 bits per heavy atom. The van der Waals surface area contributed by atoms with Crippen LogP contribution in [0.2, 0.25) is 0 Å². The van der Waals surface area contributed by atoms with Crippen LogP contribution in [-0.4, -0.2) is 47.3 Å². The van der Waals surface area contributed by atoms with Crippen molar-refractivity contribution in [1.29, 1.82) is 0 Å². The maximum Gasteiger partial charge on any atom is 0.180 e. The Morgan fingerprint density at radius 3 is 3.11 bits per heavy atom. The van der Waals surface area contributed by atoms with Crippen LogP contribution in [-0.2, 0) is 4.74 Å². The predicted octanol–water partition coefficient (Wildman–Crippen LogP) is 0.189. The first kappa shape index (κ1) is 11.3. The van der Waals surface area contributed by atoms with E-state index in [-0.39, 0.29) is 6.10 Å². The van der Waals surface area contributed by atoms with Crippen LogP contribution in [0.25, 0.3) is 11.2 Å². The van der Waals surface area contributed by atoms with Crippen LogP contribution in [0, 0.1) is 0 Å². The normalized spacial score (nSPS) is 20.3. The molecule has 3 heterocycles. The molecule has 94 valence electrons. The number of morpholine rings is 1. The molecule has 1 unspecified atom stereocenters. The summed E-state index contributed by atoms with van der Waals surface area (Å²) in [5.41, 5.74) is 7.12. The molecule has 1 fully saturated rings. The summed E-state index contributed by atoms with van der Waals surface area (Å²) in [5.74, 6) is 0.907. The smallest absolute Gasteiger partial charge is 0.180 e. The van der Waals surface area contributed by atoms with Gasteiger partial charge >= 0.3 is 0 Å². The third-order valence-corrected chi connectivity index (χ3v) is 3.04. The molecule has 0 aromatic carbocycles. The maximum atomic E-state index is 5.64. The number of anilines is 1. The minimum Gasteiger partial charge on any atom is -0.373 e. The number of hydrogen-bond acceptors (Lipinski definition) is 6. The highest BCUT2D eigenvalue weighted by Crippen LogP contribution is 2.17. The van der Waals surface area contributed by atoms with Crippen molar-refractivity contribution in [2.75, 3.05) is 31.1 Å². The molecule has 18 heavy (non-hydrogen) atoms. The number of aromatic nitrogens is 3. The van der Waals surface area contributed by atoms with Gasteiger partial charge in [0, 0.05) is 32.0 Å². The second kappa shape index (κ2) is 4.83. The fraction of sp³-hybridized carbons (Fsp3) is 0.417. The van der Waals surface area contributed by atoms with E-state index in [0.29, 0.717) is 18.8 Å². The highest BCUT2D eigenvalue weighted by molar-refractivity contribution is 5.71. The lowest BCUT2D eigenvalue weighted by molar-refractivity contribution is 0.0463. The van der Waals surface area contributed by atoms with Crippen LogP contribution < -0.4 is 10.6 Å². The van der Waals surface area contributed by atoms with Crippen molar-refractivity contribution in [2.45, 2.75) is 6.10 Å². The van der Waals surface area contributed by atoms with Crippen LogP contribution in [0.3, 0.4) is 0 Å². The van der Waals surface area contributed by atoms with E-state index in [2.05, 4.69) is 19.9 Å². The summed E-state index contributed by atoms with van der Waals surface area (Å²) in [5, 5.41) is 0. The van der Waals surface area contributed by atoms with Gasteiger partial charge in [0.25, 0.3) is 0 Å². The number of hydrogen-bond donors (Lipinski definition) is 1. The molecule has 0 spiro atoms. The van der Waals surface area contributed by atoms with Gasteiger partial charge in [-0.05, 0) is 12.1 Å². The van der Waals surface area contributed by atoms with Crippen LogP contribution >= 0.6 is 0 Å². The van der Waals surface area contributed by atoms with Crippen molar-refractivity contribution in [1.82, 2.24) is 15.0 Å². The molecular weight excluding hydrogens is 230 g/mol. The van der Waals surface area contributed by atoms with Gasteiger partial charge in [-0.1, -0.05) is 0 Å². The van der Waals surface area contributed by atoms with Crippen molar-refractivity contribution in [3.8, 4) is 0 Å². The summed E-state index contributed by atoms with van der Waals surface area (Å²) >= 11 is 0. The van der Waals surface area contributed by atoms with Gasteiger partial charge in [-0.25, -0.2) is 9.97 Å². The lowest BCUT2D eigenvalue weighted by atomic mass is 10.2. The van der Waals surface area contributed by atoms with Crippen LogP contribution in [0.5, 0.6) is 0 Å². The Labute approximate surface area is 105 Å². The summed E-state index contributed by atoms with van der Waals surface area (Å²) < 4.78 is 5.54. The van der Waals surface area contributed by atoms with Crippen molar-refractivity contribution in [3.05, 3.63) is 24.5 Å². The van der Waals surface area contributed by atoms with Gasteiger partial charge in [-0.2, -0.15) is 0 Å². The standard InChI is InChI=1S/C12H15N5O/c13-7-9-8-17(5-6-18-9)11-2-1-10-12(16-11)15-4-3-14-10/h1-4,9H,5-8,13H2. The van der Waals surface area contributed by atoms with E-state index < -0.39 is 0 Å². The Morgan fingerprint density at radius 2 is 2.22 bits per heavy atom. The van der Waals surface area contributed by atoms with Crippen LogP contribution in [0.4, 0.5) is 5.82 Å². The monoisotopic (exact) mass is 245 g/mol. The molecule has 2 N–H and O–H groups in total. The van der Waals surface area contributed by atoms with Gasteiger partial charge in [0.15, 0.2) is 5.65 Å². The molecule has 1 atom stereocenters. The fourth-order valence-electron chi connectivity index (χ4n) is 2.09. The Hall–Kier alpha value is -1.79. The summed E-state index contributed by atoms with van der Waals surface area (Å²) in [6, 6.07) is 3.91. The quantitative estimate of drug-likeness (QED) is 0.813. The van der Waals surface area contributed by atoms with Crippen molar-refractivity contribution < 1.29 is 4.74 Å². The second-order valence-electron chi connectivity index (χ2n) is 4.24. The Kier molecular flexibility index (Phi) is 3.04. The van der Waals surface area contributed by atoms with E-state index in [1.807, 2.05) is 12.1 Å². The van der Waals surface area contributed by atoms with E-state index >= 15 is 0 Å². The topological polar surface area (TPSA) is 77.2 Å². The molecule has 2 aromatic rings. The zero-order valence-corrected chi connectivity index (χ0v) is 9.99. The highest BCUT2D eigenvalue weighted by Gasteiger charge is 2.20. The third-order valence-electron chi connectivity index (χ3n) is 3.04. The molecule has 0 amide bonds. The van der Waals surface area contributed by atoms with E-state index in [9.17, 15) is 0 Å². The summed E-state index contributed by atoms with van der Waals surface area (Å²) in [6.07, 6.45) is 3.40. The van der Waals surface area contributed by atoms with Crippen LogP contribution in [0.15, 0.2) is 24.5 Å².